The van der Waals surface area contributed by atoms with Gasteiger partial charge in [-0.3, -0.25) is 4.79 Å². The van der Waals surface area contributed by atoms with Gasteiger partial charge < -0.3 is 149 Å². The fourth-order valence-electron chi connectivity index (χ4n) is 8.83. The molecule has 19 N–H and O–H groups in total. The SMILES string of the molecule is CC(=O)N[C@H]1[C@H](O[C@H]2[C@@H](O)[C@@H](CO)O[C@@H](O[C@H]3[C@H](O)[C@@H](O)C(O)O[C@@H]3CO)[C@@H]2O)O[C@H](CO)[C@@H](O)[C@@H]1O[C@@H]1O[C@H](CO)[C@H](O)[C@H](O[C@@H]2O[C@H](CO)[C@H](O)[C@H](O)[C@H]2O[C@@H]2O[C@@H](C)[C@@H](O)[C@@H](O)[C@@H]2O)[C@H]1O. The van der Waals surface area contributed by atoms with Gasteiger partial charge in [-0.2, -0.15) is 0 Å². The molecule has 0 bridgehead atoms. The summed E-state index contributed by atoms with van der Waals surface area (Å²) in [5.74, 6) is -0.872. The van der Waals surface area contributed by atoms with Crippen molar-refractivity contribution in [2.45, 2.75) is 198 Å². The van der Waals surface area contributed by atoms with Crippen LogP contribution in [0.1, 0.15) is 13.8 Å². The summed E-state index contributed by atoms with van der Waals surface area (Å²) in [6.45, 7) is -2.59. The Morgan fingerprint density at radius 1 is 0.377 bits per heavy atom. The van der Waals surface area contributed by atoms with Crippen LogP contribution in [0.3, 0.4) is 0 Å². The predicted octanol–water partition coefficient (Wildman–Crippen LogP) is -12.9. The molecular weight excluding hydrogens is 950 g/mol. The number of rotatable bonds is 16. The molecule has 69 heavy (non-hydrogen) atoms. The molecule has 31 nitrogen and oxygen atoms in total. The monoisotopic (exact) mass is 1020 g/mol. The van der Waals surface area contributed by atoms with E-state index in [9.17, 15) is 96.7 Å². The molecule has 0 saturated carbocycles. The third-order valence-corrected chi connectivity index (χ3v) is 12.8. The first-order valence-electron chi connectivity index (χ1n) is 22.0. The van der Waals surface area contributed by atoms with Crippen molar-refractivity contribution in [1.82, 2.24) is 5.32 Å². The second-order valence-corrected chi connectivity index (χ2v) is 17.5. The molecule has 0 aromatic rings. The molecule has 6 heterocycles. The third-order valence-electron chi connectivity index (χ3n) is 12.8. The number of aliphatic hydroxyl groups is 18. The maximum atomic E-state index is 12.7. The van der Waals surface area contributed by atoms with Crippen molar-refractivity contribution >= 4 is 5.91 Å². The summed E-state index contributed by atoms with van der Waals surface area (Å²) >= 11 is 0. The van der Waals surface area contributed by atoms with E-state index in [2.05, 4.69) is 5.32 Å². The fraction of sp³-hybridized carbons (Fsp3) is 0.974. The predicted molar refractivity (Wildman–Crippen MR) is 209 cm³/mol. The Morgan fingerprint density at radius 2 is 0.768 bits per heavy atom. The van der Waals surface area contributed by atoms with Gasteiger partial charge in [-0.1, -0.05) is 0 Å². The standard InChI is InChI=1S/C38H65NO30/c1-8-16(46)21(51)25(55)35(59-8)69-32-22(52)17(47)10(3-40)64-38(32)68-31-20(50)13(6-43)63-37(27(31)57)66-29-15(39-9(2)45)34(61-11(4-41)18(29)48)67-30-19(49)12(5-42)62-36(26(30)56)65-28-14(7-44)60-33(58)24(54)23(28)53/h8,10-38,40-44,46-58H,3-7H2,1-2H3,(H,39,45)/t8-,10+,11+,12+,13+,14+,15+,16+,17-,18+,19-,20-,21+,22-,23+,24+,25-,26+,27+,28+,29+,30-,31-,32+,33?,34-,35-,36-,37-,38-/m0/s1. The van der Waals surface area contributed by atoms with Gasteiger partial charge in [0.15, 0.2) is 37.7 Å². The molecule has 1 unspecified atom stereocenters. The molecule has 1 amide bonds. The number of ether oxygens (including phenoxy) is 11. The summed E-state index contributed by atoms with van der Waals surface area (Å²) in [5, 5.41) is 194. The van der Waals surface area contributed by atoms with E-state index < -0.39 is 223 Å². The van der Waals surface area contributed by atoms with Crippen molar-refractivity contribution in [2.75, 3.05) is 33.0 Å². The normalized spacial score (nSPS) is 52.1. The van der Waals surface area contributed by atoms with Crippen LogP contribution in [0.15, 0.2) is 0 Å². The number of carbonyl (C=O) groups excluding carboxylic acids is 1. The Labute approximate surface area is 390 Å². The topological polar surface area (TPSA) is 495 Å². The van der Waals surface area contributed by atoms with Gasteiger partial charge in [-0.05, 0) is 6.92 Å². The van der Waals surface area contributed by atoms with Crippen LogP contribution < -0.4 is 5.32 Å². The smallest absolute Gasteiger partial charge is 0.217 e. The molecule has 6 saturated heterocycles. The van der Waals surface area contributed by atoms with E-state index in [1.807, 2.05) is 0 Å². The highest BCUT2D eigenvalue weighted by Gasteiger charge is 2.58. The summed E-state index contributed by atoms with van der Waals surface area (Å²) in [6, 6.07) is -1.80. The lowest BCUT2D eigenvalue weighted by molar-refractivity contribution is -0.395. The number of carbonyl (C=O) groups is 1. The molecule has 0 aliphatic carbocycles. The van der Waals surface area contributed by atoms with Gasteiger partial charge >= 0.3 is 0 Å². The Balaban J connectivity index is 1.26. The lowest BCUT2D eigenvalue weighted by atomic mass is 9.94. The molecule has 0 spiro atoms. The molecule has 6 fully saturated rings. The molecule has 6 aliphatic rings. The average molecular weight is 1020 g/mol. The van der Waals surface area contributed by atoms with Gasteiger partial charge in [0, 0.05) is 6.92 Å². The molecule has 0 aromatic carbocycles. The lowest BCUT2D eigenvalue weighted by Gasteiger charge is -2.51. The van der Waals surface area contributed by atoms with Crippen LogP contribution in [0.4, 0.5) is 0 Å². The van der Waals surface area contributed by atoms with Crippen LogP contribution in [0, 0.1) is 0 Å². The highest BCUT2D eigenvalue weighted by Crippen LogP contribution is 2.37. The summed E-state index contributed by atoms with van der Waals surface area (Å²) in [4.78, 5) is 12.7. The van der Waals surface area contributed by atoms with Gasteiger partial charge in [0.05, 0.1) is 39.1 Å². The Kier molecular flexibility index (Phi) is 19.8. The van der Waals surface area contributed by atoms with Crippen molar-refractivity contribution in [3.63, 3.8) is 0 Å². The molecule has 402 valence electrons. The van der Waals surface area contributed by atoms with E-state index in [4.69, 9.17) is 52.1 Å². The van der Waals surface area contributed by atoms with E-state index in [0.717, 1.165) is 6.92 Å². The van der Waals surface area contributed by atoms with Crippen LogP contribution in [-0.2, 0) is 56.9 Å². The van der Waals surface area contributed by atoms with Crippen molar-refractivity contribution in [3.05, 3.63) is 0 Å². The van der Waals surface area contributed by atoms with Crippen molar-refractivity contribution in [1.29, 1.82) is 0 Å². The lowest BCUT2D eigenvalue weighted by Crippen LogP contribution is -2.70. The van der Waals surface area contributed by atoms with Gasteiger partial charge in [0.1, 0.15) is 140 Å². The van der Waals surface area contributed by atoms with Crippen LogP contribution in [0.5, 0.6) is 0 Å². The minimum absolute atomic E-state index is 0.872. The van der Waals surface area contributed by atoms with E-state index in [0.29, 0.717) is 0 Å². The molecule has 31 heteroatoms. The van der Waals surface area contributed by atoms with Crippen LogP contribution >= 0.6 is 0 Å². The highest BCUT2D eigenvalue weighted by atomic mass is 16.8. The number of amides is 1. The average Bonchev–Trinajstić information content (AvgIpc) is 3.32. The number of aliphatic hydroxyl groups excluding tert-OH is 18. The van der Waals surface area contributed by atoms with Gasteiger partial charge in [0.2, 0.25) is 5.91 Å². The maximum absolute atomic E-state index is 12.7. The molecule has 6 aliphatic heterocycles. The van der Waals surface area contributed by atoms with Gasteiger partial charge in [-0.15, -0.1) is 0 Å². The Morgan fingerprint density at radius 3 is 1.28 bits per heavy atom. The zero-order valence-corrected chi connectivity index (χ0v) is 36.8. The number of nitrogens with one attached hydrogen (secondary N) is 1. The van der Waals surface area contributed by atoms with Gasteiger partial charge in [-0.25, -0.2) is 0 Å². The molecule has 6 rings (SSSR count). The van der Waals surface area contributed by atoms with Crippen LogP contribution in [0.2, 0.25) is 0 Å². The van der Waals surface area contributed by atoms with Crippen LogP contribution in [-0.4, -0.2) is 315 Å². The van der Waals surface area contributed by atoms with Gasteiger partial charge in [0.25, 0.3) is 0 Å². The first kappa shape index (κ1) is 56.6. The fourth-order valence-corrected chi connectivity index (χ4v) is 8.83. The van der Waals surface area contributed by atoms with Crippen molar-refractivity contribution in [3.8, 4) is 0 Å². The molecule has 0 aromatic heterocycles. The zero-order chi connectivity index (χ0) is 50.9. The second-order valence-electron chi connectivity index (χ2n) is 17.5. The minimum atomic E-state index is -2.25. The van der Waals surface area contributed by atoms with Crippen LogP contribution in [0.25, 0.3) is 0 Å². The molecular formula is C38H65NO30. The summed E-state index contributed by atoms with van der Waals surface area (Å²) in [7, 11) is 0. The largest absolute Gasteiger partial charge is 0.394 e. The summed E-state index contributed by atoms with van der Waals surface area (Å²) in [6.07, 6.45) is -54.8. The minimum Gasteiger partial charge on any atom is -0.394 e. The number of hydrogen-bond acceptors (Lipinski definition) is 30. The molecule has 0 radical (unpaired) electrons. The van der Waals surface area contributed by atoms with Crippen molar-refractivity contribution < 1.29 is 149 Å². The molecule has 30 atom stereocenters. The van der Waals surface area contributed by atoms with Crippen molar-refractivity contribution in [2.24, 2.45) is 0 Å². The van der Waals surface area contributed by atoms with E-state index in [-0.39, 0.29) is 0 Å². The Hall–Kier alpha value is -1.69. The van der Waals surface area contributed by atoms with E-state index >= 15 is 0 Å². The summed E-state index contributed by atoms with van der Waals surface area (Å²) < 4.78 is 62.4. The quantitative estimate of drug-likeness (QED) is 0.0682. The highest BCUT2D eigenvalue weighted by molar-refractivity contribution is 5.73. The second kappa shape index (κ2) is 24.1. The first-order chi connectivity index (χ1) is 32.6. The Bertz CT molecular complexity index is 1610. The third kappa shape index (κ3) is 11.8. The number of hydrogen-bond donors (Lipinski definition) is 19. The summed E-state index contributed by atoms with van der Waals surface area (Å²) in [5.41, 5.74) is 0. The maximum Gasteiger partial charge on any atom is 0.217 e. The van der Waals surface area contributed by atoms with E-state index in [1.54, 1.807) is 0 Å². The van der Waals surface area contributed by atoms with E-state index in [1.165, 1.54) is 6.92 Å². The zero-order valence-electron chi connectivity index (χ0n) is 36.8. The first-order valence-corrected chi connectivity index (χ1v) is 22.0.